The number of halogens is 1. The lowest BCUT2D eigenvalue weighted by Gasteiger charge is -2.13. The molecule has 4 nitrogen and oxygen atoms in total. The van der Waals surface area contributed by atoms with Gasteiger partial charge in [0.15, 0.2) is 0 Å². The van der Waals surface area contributed by atoms with Gasteiger partial charge in [0.25, 0.3) is 0 Å². The van der Waals surface area contributed by atoms with E-state index in [4.69, 9.17) is 5.11 Å². The average molecular weight is 238 g/mol. The van der Waals surface area contributed by atoms with Gasteiger partial charge in [-0.15, -0.1) is 0 Å². The Morgan fingerprint density at radius 2 is 2.24 bits per heavy atom. The van der Waals surface area contributed by atoms with E-state index in [1.54, 1.807) is 23.1 Å². The first-order valence-corrected chi connectivity index (χ1v) is 5.63. The summed E-state index contributed by atoms with van der Waals surface area (Å²) >= 11 is 0. The maximum atomic E-state index is 13.5. The fourth-order valence-corrected chi connectivity index (χ4v) is 1.98. The SMILES string of the molecule is O=C1NC(c2ccccc2F)CN1CCCO. The van der Waals surface area contributed by atoms with Gasteiger partial charge in [0.2, 0.25) is 0 Å². The van der Waals surface area contributed by atoms with E-state index >= 15 is 0 Å². The quantitative estimate of drug-likeness (QED) is 0.830. The summed E-state index contributed by atoms with van der Waals surface area (Å²) in [6.45, 7) is 0.987. The van der Waals surface area contributed by atoms with E-state index in [1.165, 1.54) is 6.07 Å². The molecule has 2 rings (SSSR count). The van der Waals surface area contributed by atoms with Crippen LogP contribution >= 0.6 is 0 Å². The molecule has 2 amide bonds. The van der Waals surface area contributed by atoms with Gasteiger partial charge in [0, 0.05) is 25.3 Å². The number of benzene rings is 1. The predicted octanol–water partition coefficient (Wildman–Crippen LogP) is 1.27. The summed E-state index contributed by atoms with van der Waals surface area (Å²) in [5, 5.41) is 11.5. The third kappa shape index (κ3) is 2.55. The molecular weight excluding hydrogens is 223 g/mol. The minimum absolute atomic E-state index is 0.0497. The van der Waals surface area contributed by atoms with Gasteiger partial charge in [-0.2, -0.15) is 0 Å². The normalized spacial score (nSPS) is 19.5. The van der Waals surface area contributed by atoms with Crippen molar-refractivity contribution in [3.63, 3.8) is 0 Å². The van der Waals surface area contributed by atoms with E-state index in [1.807, 2.05) is 0 Å². The maximum Gasteiger partial charge on any atom is 0.318 e. The van der Waals surface area contributed by atoms with Crippen molar-refractivity contribution in [2.75, 3.05) is 19.7 Å². The van der Waals surface area contributed by atoms with Crippen LogP contribution in [-0.4, -0.2) is 35.7 Å². The Balaban J connectivity index is 2.06. The monoisotopic (exact) mass is 238 g/mol. The third-order valence-electron chi connectivity index (χ3n) is 2.85. The van der Waals surface area contributed by atoms with Crippen LogP contribution in [0, 0.1) is 5.82 Å². The molecule has 0 bridgehead atoms. The molecule has 0 aliphatic carbocycles. The lowest BCUT2D eigenvalue weighted by Crippen LogP contribution is -2.29. The van der Waals surface area contributed by atoms with Crippen molar-refractivity contribution in [1.82, 2.24) is 10.2 Å². The molecule has 1 unspecified atom stereocenters. The summed E-state index contributed by atoms with van der Waals surface area (Å²) in [5.41, 5.74) is 0.507. The number of hydrogen-bond acceptors (Lipinski definition) is 2. The summed E-state index contributed by atoms with van der Waals surface area (Å²) in [6.07, 6.45) is 0.539. The number of hydrogen-bond donors (Lipinski definition) is 2. The number of rotatable bonds is 4. The minimum atomic E-state index is -0.304. The van der Waals surface area contributed by atoms with E-state index in [9.17, 15) is 9.18 Å². The van der Waals surface area contributed by atoms with Gasteiger partial charge in [-0.1, -0.05) is 18.2 Å². The zero-order valence-electron chi connectivity index (χ0n) is 9.40. The van der Waals surface area contributed by atoms with Crippen LogP contribution in [0.15, 0.2) is 24.3 Å². The fourth-order valence-electron chi connectivity index (χ4n) is 1.98. The van der Waals surface area contributed by atoms with Gasteiger partial charge < -0.3 is 15.3 Å². The number of amides is 2. The highest BCUT2D eigenvalue weighted by atomic mass is 19.1. The van der Waals surface area contributed by atoms with Crippen LogP contribution in [0.25, 0.3) is 0 Å². The highest BCUT2D eigenvalue weighted by Gasteiger charge is 2.30. The topological polar surface area (TPSA) is 52.6 Å². The van der Waals surface area contributed by atoms with Crippen LogP contribution in [0.4, 0.5) is 9.18 Å². The van der Waals surface area contributed by atoms with E-state index in [2.05, 4.69) is 5.32 Å². The Morgan fingerprint density at radius 3 is 2.94 bits per heavy atom. The Kier molecular flexibility index (Phi) is 3.58. The summed E-state index contributed by atoms with van der Waals surface area (Å²) < 4.78 is 13.5. The number of aliphatic hydroxyl groups excluding tert-OH is 1. The van der Waals surface area contributed by atoms with Gasteiger partial charge in [-0.05, 0) is 12.5 Å². The molecule has 1 aliphatic heterocycles. The molecule has 1 heterocycles. The molecule has 1 aliphatic rings. The molecule has 1 fully saturated rings. The predicted molar refractivity (Wildman–Crippen MR) is 60.9 cm³/mol. The Hall–Kier alpha value is -1.62. The molecule has 0 aromatic heterocycles. The van der Waals surface area contributed by atoms with Crippen molar-refractivity contribution in [2.24, 2.45) is 0 Å². The number of carbonyl (C=O) groups excluding carboxylic acids is 1. The van der Waals surface area contributed by atoms with Gasteiger partial charge in [0.05, 0.1) is 6.04 Å². The van der Waals surface area contributed by atoms with Crippen LogP contribution in [0.3, 0.4) is 0 Å². The van der Waals surface area contributed by atoms with Crippen LogP contribution in [0.5, 0.6) is 0 Å². The van der Waals surface area contributed by atoms with Gasteiger partial charge in [-0.3, -0.25) is 0 Å². The molecule has 1 aromatic carbocycles. The first kappa shape index (κ1) is 11.9. The molecule has 0 saturated carbocycles. The average Bonchev–Trinajstić information content (AvgIpc) is 2.68. The standard InChI is InChI=1S/C12H15FN2O2/c13-10-5-2-1-4-9(10)11-8-15(6-3-7-16)12(17)14-11/h1-2,4-5,11,16H,3,6-8H2,(H,14,17). The van der Waals surface area contributed by atoms with E-state index in [0.29, 0.717) is 25.1 Å². The largest absolute Gasteiger partial charge is 0.396 e. The minimum Gasteiger partial charge on any atom is -0.396 e. The van der Waals surface area contributed by atoms with Crippen LogP contribution in [-0.2, 0) is 0 Å². The smallest absolute Gasteiger partial charge is 0.318 e. The molecule has 0 radical (unpaired) electrons. The molecule has 17 heavy (non-hydrogen) atoms. The van der Waals surface area contributed by atoms with Crippen molar-refractivity contribution in [1.29, 1.82) is 0 Å². The summed E-state index contributed by atoms with van der Waals surface area (Å²) in [4.78, 5) is 13.2. The number of nitrogens with zero attached hydrogens (tertiary/aromatic N) is 1. The Morgan fingerprint density at radius 1 is 1.47 bits per heavy atom. The summed E-state index contributed by atoms with van der Waals surface area (Å²) in [7, 11) is 0. The molecule has 0 spiro atoms. The Bertz CT molecular complexity index is 411. The molecule has 5 heteroatoms. The molecule has 92 valence electrons. The highest BCUT2D eigenvalue weighted by Crippen LogP contribution is 2.22. The van der Waals surface area contributed by atoms with Crippen LogP contribution in [0.1, 0.15) is 18.0 Å². The third-order valence-corrected chi connectivity index (χ3v) is 2.85. The number of aliphatic hydroxyl groups is 1. The second kappa shape index (κ2) is 5.14. The van der Waals surface area contributed by atoms with Crippen molar-refractivity contribution in [3.8, 4) is 0 Å². The first-order chi connectivity index (χ1) is 8.22. The number of urea groups is 1. The second-order valence-corrected chi connectivity index (χ2v) is 4.05. The lowest BCUT2D eigenvalue weighted by molar-refractivity contribution is 0.209. The zero-order chi connectivity index (χ0) is 12.3. The van der Waals surface area contributed by atoms with E-state index in [0.717, 1.165) is 0 Å². The van der Waals surface area contributed by atoms with Crippen LogP contribution < -0.4 is 5.32 Å². The summed E-state index contributed by atoms with van der Waals surface area (Å²) in [5.74, 6) is -0.304. The van der Waals surface area contributed by atoms with Crippen molar-refractivity contribution in [2.45, 2.75) is 12.5 Å². The van der Waals surface area contributed by atoms with Gasteiger partial charge in [0.1, 0.15) is 5.82 Å². The second-order valence-electron chi connectivity index (χ2n) is 4.05. The number of carbonyl (C=O) groups is 1. The zero-order valence-corrected chi connectivity index (χ0v) is 9.40. The van der Waals surface area contributed by atoms with Crippen molar-refractivity contribution < 1.29 is 14.3 Å². The number of nitrogens with one attached hydrogen (secondary N) is 1. The van der Waals surface area contributed by atoms with Gasteiger partial charge >= 0.3 is 6.03 Å². The Labute approximate surface area is 99.0 Å². The summed E-state index contributed by atoms with van der Waals surface area (Å²) in [6, 6.07) is 5.93. The van der Waals surface area contributed by atoms with Crippen LogP contribution in [0.2, 0.25) is 0 Å². The highest BCUT2D eigenvalue weighted by molar-refractivity contribution is 5.77. The molecule has 1 aromatic rings. The molecule has 1 saturated heterocycles. The maximum absolute atomic E-state index is 13.5. The molecular formula is C12H15FN2O2. The van der Waals surface area contributed by atoms with Gasteiger partial charge in [-0.25, -0.2) is 9.18 Å². The van der Waals surface area contributed by atoms with E-state index < -0.39 is 0 Å². The lowest BCUT2D eigenvalue weighted by atomic mass is 10.1. The van der Waals surface area contributed by atoms with E-state index in [-0.39, 0.29) is 24.5 Å². The molecule has 1 atom stereocenters. The first-order valence-electron chi connectivity index (χ1n) is 5.63. The van der Waals surface area contributed by atoms with Crippen molar-refractivity contribution >= 4 is 6.03 Å². The fraction of sp³-hybridized carbons (Fsp3) is 0.417. The van der Waals surface area contributed by atoms with Crippen molar-refractivity contribution in [3.05, 3.63) is 35.6 Å². The molecule has 2 N–H and O–H groups in total.